The zero-order valence-electron chi connectivity index (χ0n) is 19.4. The number of benzene rings is 3. The third-order valence-corrected chi connectivity index (χ3v) is 6.03. The van der Waals surface area contributed by atoms with E-state index >= 15 is 0 Å². The molecule has 35 heavy (non-hydrogen) atoms. The number of carbonyl (C=O) groups excluding carboxylic acids is 2. The fourth-order valence-electron chi connectivity index (χ4n) is 4.14. The van der Waals surface area contributed by atoms with Gasteiger partial charge in [-0.3, -0.25) is 14.9 Å². The van der Waals surface area contributed by atoms with Gasteiger partial charge < -0.3 is 19.9 Å². The Morgan fingerprint density at radius 3 is 2.20 bits per heavy atom. The third-order valence-electron chi connectivity index (χ3n) is 6.03. The molecule has 3 aromatic carbocycles. The lowest BCUT2D eigenvalue weighted by Crippen LogP contribution is -2.31. The summed E-state index contributed by atoms with van der Waals surface area (Å²) in [4.78, 5) is 35.9. The number of carboxylic acids is 1. The van der Waals surface area contributed by atoms with E-state index in [9.17, 15) is 14.4 Å². The summed E-state index contributed by atoms with van der Waals surface area (Å²) in [5.41, 5.74) is 5.16. The molecule has 3 aromatic rings. The molecular weight excluding hydrogens is 448 g/mol. The number of rotatable bonds is 8. The van der Waals surface area contributed by atoms with E-state index in [1.165, 1.54) is 26.2 Å². The quantitative estimate of drug-likeness (QED) is 0.443. The minimum Gasteiger partial charge on any atom is -0.496 e. The van der Waals surface area contributed by atoms with Gasteiger partial charge in [0, 0.05) is 24.2 Å². The summed E-state index contributed by atoms with van der Waals surface area (Å²) in [6, 6.07) is 20.7. The number of aliphatic carboxylic acids is 1. The molecule has 8 nitrogen and oxygen atoms in total. The summed E-state index contributed by atoms with van der Waals surface area (Å²) < 4.78 is 10.8. The van der Waals surface area contributed by atoms with E-state index in [0.717, 1.165) is 22.3 Å². The second-order valence-corrected chi connectivity index (χ2v) is 8.31. The van der Waals surface area contributed by atoms with E-state index < -0.39 is 23.9 Å². The largest absolute Gasteiger partial charge is 0.496 e. The van der Waals surface area contributed by atoms with Crippen molar-refractivity contribution in [3.05, 3.63) is 83.4 Å². The molecule has 1 aliphatic carbocycles. The molecule has 3 N–H and O–H groups in total. The number of nitrogens with one attached hydrogen (secondary N) is 2. The Morgan fingerprint density at radius 1 is 0.971 bits per heavy atom. The Balaban J connectivity index is 1.40. The van der Waals surface area contributed by atoms with Gasteiger partial charge in [0.15, 0.2) is 0 Å². The summed E-state index contributed by atoms with van der Waals surface area (Å²) in [6.07, 6.45) is -0.624. The van der Waals surface area contributed by atoms with Crippen molar-refractivity contribution in [3.8, 4) is 16.9 Å². The number of hydrogen-bond donors (Lipinski definition) is 3. The van der Waals surface area contributed by atoms with Crippen molar-refractivity contribution in [2.24, 2.45) is 5.92 Å². The van der Waals surface area contributed by atoms with Crippen LogP contribution in [0.3, 0.4) is 0 Å². The Hall–Kier alpha value is -4.33. The first kappa shape index (κ1) is 23.8. The van der Waals surface area contributed by atoms with E-state index in [4.69, 9.17) is 14.6 Å². The lowest BCUT2D eigenvalue weighted by atomic mass is 9.98. The standard InChI is InChI=1S/C27H26N2O6/c1-16(26(31)32)14-28-25(30)22-12-11-17(13-24(22)34-2)29-27(33)35-15-23-20-9-5-3-7-18(20)19-8-4-6-10-21(19)23/h3-13,16,23H,14-15H2,1-2H3,(H,28,30)(H,29,33)(H,31,32). The molecule has 0 saturated carbocycles. The first-order valence-corrected chi connectivity index (χ1v) is 11.2. The Kier molecular flexibility index (Phi) is 7.01. The van der Waals surface area contributed by atoms with Crippen molar-refractivity contribution in [1.29, 1.82) is 0 Å². The van der Waals surface area contributed by atoms with E-state index in [1.807, 2.05) is 36.4 Å². The van der Waals surface area contributed by atoms with Crippen LogP contribution in [0.1, 0.15) is 34.3 Å². The highest BCUT2D eigenvalue weighted by molar-refractivity contribution is 5.98. The topological polar surface area (TPSA) is 114 Å². The summed E-state index contributed by atoms with van der Waals surface area (Å²) >= 11 is 0. The van der Waals surface area contributed by atoms with Crippen molar-refractivity contribution in [2.45, 2.75) is 12.8 Å². The second kappa shape index (κ2) is 10.3. The van der Waals surface area contributed by atoms with Crippen molar-refractivity contribution in [3.63, 3.8) is 0 Å². The van der Waals surface area contributed by atoms with Gasteiger partial charge in [0.05, 0.1) is 18.6 Å². The third kappa shape index (κ3) is 5.11. The molecule has 0 radical (unpaired) electrons. The molecule has 0 spiro atoms. The zero-order valence-corrected chi connectivity index (χ0v) is 19.4. The van der Waals surface area contributed by atoms with Crippen LogP contribution >= 0.6 is 0 Å². The average molecular weight is 475 g/mol. The van der Waals surface area contributed by atoms with Gasteiger partial charge in [0.1, 0.15) is 12.4 Å². The van der Waals surface area contributed by atoms with Crippen LogP contribution in [-0.4, -0.2) is 43.3 Å². The SMILES string of the molecule is COc1cc(NC(=O)OCC2c3ccccc3-c3ccccc32)ccc1C(=O)NCC(C)C(=O)O. The fourth-order valence-corrected chi connectivity index (χ4v) is 4.14. The highest BCUT2D eigenvalue weighted by Crippen LogP contribution is 2.44. The van der Waals surface area contributed by atoms with Gasteiger partial charge in [0.25, 0.3) is 5.91 Å². The van der Waals surface area contributed by atoms with Crippen LogP contribution in [0.2, 0.25) is 0 Å². The summed E-state index contributed by atoms with van der Waals surface area (Å²) in [6.45, 7) is 1.66. The maximum Gasteiger partial charge on any atom is 0.411 e. The number of fused-ring (bicyclic) bond motifs is 3. The number of anilines is 1. The maximum atomic E-state index is 12.5. The first-order valence-electron chi connectivity index (χ1n) is 11.2. The number of methoxy groups -OCH3 is 1. The van der Waals surface area contributed by atoms with Crippen LogP contribution in [-0.2, 0) is 9.53 Å². The minimum atomic E-state index is -1.00. The zero-order chi connectivity index (χ0) is 24.9. The fraction of sp³-hybridized carbons (Fsp3) is 0.222. The molecule has 0 bridgehead atoms. The van der Waals surface area contributed by atoms with Crippen LogP contribution < -0.4 is 15.4 Å². The number of hydrogen-bond acceptors (Lipinski definition) is 5. The molecule has 4 rings (SSSR count). The lowest BCUT2D eigenvalue weighted by Gasteiger charge is -2.15. The molecule has 1 aliphatic rings. The van der Waals surface area contributed by atoms with Gasteiger partial charge >= 0.3 is 12.1 Å². The Morgan fingerprint density at radius 2 is 1.60 bits per heavy atom. The minimum absolute atomic E-state index is 0.0168. The normalized spacial score (nSPS) is 12.7. The maximum absolute atomic E-state index is 12.5. The molecule has 0 saturated heterocycles. The van der Waals surface area contributed by atoms with E-state index in [0.29, 0.717) is 5.69 Å². The van der Waals surface area contributed by atoms with E-state index in [1.54, 1.807) is 6.07 Å². The Bertz CT molecular complexity index is 1230. The molecule has 180 valence electrons. The van der Waals surface area contributed by atoms with Crippen molar-refractivity contribution >= 4 is 23.7 Å². The van der Waals surface area contributed by atoms with E-state index in [-0.39, 0.29) is 30.4 Å². The van der Waals surface area contributed by atoms with Crippen LogP contribution in [0.4, 0.5) is 10.5 Å². The van der Waals surface area contributed by atoms with Crippen LogP contribution in [0.15, 0.2) is 66.7 Å². The molecule has 0 fully saturated rings. The van der Waals surface area contributed by atoms with Crippen molar-refractivity contribution in [1.82, 2.24) is 5.32 Å². The number of carboxylic acid groups (broad SMARTS) is 1. The molecule has 0 heterocycles. The van der Waals surface area contributed by atoms with Gasteiger partial charge in [-0.1, -0.05) is 55.5 Å². The van der Waals surface area contributed by atoms with E-state index in [2.05, 4.69) is 22.8 Å². The van der Waals surface area contributed by atoms with Gasteiger partial charge in [-0.25, -0.2) is 4.79 Å². The summed E-state index contributed by atoms with van der Waals surface area (Å²) in [5.74, 6) is -2.01. The molecule has 2 amide bonds. The number of carbonyl (C=O) groups is 3. The van der Waals surface area contributed by atoms with Crippen LogP contribution in [0, 0.1) is 5.92 Å². The predicted octanol–water partition coefficient (Wildman–Crippen LogP) is 4.51. The Labute approximate surface area is 202 Å². The number of ether oxygens (including phenoxy) is 2. The second-order valence-electron chi connectivity index (χ2n) is 8.31. The number of amides is 2. The molecular formula is C27H26N2O6. The van der Waals surface area contributed by atoms with Gasteiger partial charge in [-0.05, 0) is 34.4 Å². The molecule has 8 heteroatoms. The molecule has 0 aromatic heterocycles. The van der Waals surface area contributed by atoms with Crippen LogP contribution in [0.25, 0.3) is 11.1 Å². The lowest BCUT2D eigenvalue weighted by molar-refractivity contribution is -0.140. The van der Waals surface area contributed by atoms with Crippen molar-refractivity contribution in [2.75, 3.05) is 25.6 Å². The van der Waals surface area contributed by atoms with Crippen LogP contribution in [0.5, 0.6) is 5.75 Å². The summed E-state index contributed by atoms with van der Waals surface area (Å²) in [7, 11) is 1.41. The first-order chi connectivity index (χ1) is 16.9. The average Bonchev–Trinajstić information content (AvgIpc) is 3.19. The predicted molar refractivity (Wildman–Crippen MR) is 131 cm³/mol. The highest BCUT2D eigenvalue weighted by Gasteiger charge is 2.29. The van der Waals surface area contributed by atoms with Gasteiger partial charge in [-0.15, -0.1) is 0 Å². The monoisotopic (exact) mass is 474 g/mol. The van der Waals surface area contributed by atoms with Gasteiger partial charge in [-0.2, -0.15) is 0 Å². The highest BCUT2D eigenvalue weighted by atomic mass is 16.5. The smallest absolute Gasteiger partial charge is 0.411 e. The molecule has 0 aliphatic heterocycles. The molecule has 1 atom stereocenters. The van der Waals surface area contributed by atoms with Crippen molar-refractivity contribution < 1.29 is 29.0 Å². The summed E-state index contributed by atoms with van der Waals surface area (Å²) in [5, 5.41) is 14.2. The van der Waals surface area contributed by atoms with Gasteiger partial charge in [0.2, 0.25) is 0 Å². The molecule has 1 unspecified atom stereocenters.